The Kier molecular flexibility index (Phi) is 4.50. The van der Waals surface area contributed by atoms with E-state index >= 15 is 0 Å². The van der Waals surface area contributed by atoms with E-state index in [1.807, 2.05) is 47.4 Å². The van der Waals surface area contributed by atoms with E-state index in [1.165, 1.54) is 0 Å². The van der Waals surface area contributed by atoms with Gasteiger partial charge in [-0.05, 0) is 30.7 Å². The first-order valence-electron chi connectivity index (χ1n) is 8.78. The molecule has 0 radical (unpaired) electrons. The fourth-order valence-corrected chi connectivity index (χ4v) is 3.54. The highest BCUT2D eigenvalue weighted by Gasteiger charge is 2.32. The summed E-state index contributed by atoms with van der Waals surface area (Å²) in [7, 11) is 0. The van der Waals surface area contributed by atoms with Gasteiger partial charge in [0.2, 0.25) is 5.91 Å². The smallest absolute Gasteiger partial charge is 0.230 e. The number of nitrogens with one attached hydrogen (secondary N) is 1. The lowest BCUT2D eigenvalue weighted by Crippen LogP contribution is -2.32. The van der Waals surface area contributed by atoms with Gasteiger partial charge in [0.25, 0.3) is 0 Å². The van der Waals surface area contributed by atoms with Crippen LogP contribution in [0.25, 0.3) is 11.3 Å². The van der Waals surface area contributed by atoms with Crippen molar-refractivity contribution in [3.63, 3.8) is 0 Å². The number of nitrogens with two attached hydrogens (primary N) is 1. The fraction of sp³-hybridized carbons (Fsp3) is 0.250. The van der Waals surface area contributed by atoms with Gasteiger partial charge in [-0.1, -0.05) is 30.3 Å². The number of aromatic nitrogens is 3. The first kappa shape index (κ1) is 16.5. The molecule has 4 rings (SSSR count). The van der Waals surface area contributed by atoms with Crippen molar-refractivity contribution < 1.29 is 4.79 Å². The third-order valence-electron chi connectivity index (χ3n) is 4.85. The molecule has 0 saturated carbocycles. The Labute approximate surface area is 152 Å². The van der Waals surface area contributed by atoms with E-state index in [4.69, 9.17) is 5.73 Å². The second-order valence-electron chi connectivity index (χ2n) is 6.51. The first-order chi connectivity index (χ1) is 12.8. The molecular formula is C20H21N5O. The van der Waals surface area contributed by atoms with E-state index in [1.54, 1.807) is 12.4 Å². The van der Waals surface area contributed by atoms with E-state index < -0.39 is 0 Å². The maximum Gasteiger partial charge on any atom is 0.230 e. The SMILES string of the molecule is NCCC(C(=O)N1Cc2[nH]nc(-c3cccnc3)c2C1)c1ccccc1. The van der Waals surface area contributed by atoms with Gasteiger partial charge < -0.3 is 10.6 Å². The molecule has 0 bridgehead atoms. The number of hydrogen-bond acceptors (Lipinski definition) is 4. The van der Waals surface area contributed by atoms with E-state index in [9.17, 15) is 4.79 Å². The third-order valence-corrected chi connectivity index (χ3v) is 4.85. The van der Waals surface area contributed by atoms with Crippen LogP contribution in [0, 0.1) is 0 Å². The number of aromatic amines is 1. The van der Waals surface area contributed by atoms with Crippen LogP contribution in [0.3, 0.4) is 0 Å². The minimum absolute atomic E-state index is 0.114. The molecule has 1 aliphatic heterocycles. The van der Waals surface area contributed by atoms with Crippen molar-refractivity contribution in [1.29, 1.82) is 0 Å². The Bertz CT molecular complexity index is 891. The molecule has 1 unspecified atom stereocenters. The summed E-state index contributed by atoms with van der Waals surface area (Å²) in [5, 5.41) is 7.50. The van der Waals surface area contributed by atoms with Crippen LogP contribution in [-0.2, 0) is 17.9 Å². The number of hydrogen-bond donors (Lipinski definition) is 2. The molecule has 26 heavy (non-hydrogen) atoms. The zero-order valence-electron chi connectivity index (χ0n) is 14.4. The molecule has 3 aromatic rings. The average Bonchev–Trinajstić information content (AvgIpc) is 3.28. The van der Waals surface area contributed by atoms with Crippen molar-refractivity contribution in [2.24, 2.45) is 5.73 Å². The number of nitrogens with zero attached hydrogens (tertiary/aromatic N) is 3. The van der Waals surface area contributed by atoms with E-state index in [0.717, 1.165) is 28.1 Å². The Morgan fingerprint density at radius 3 is 2.77 bits per heavy atom. The summed E-state index contributed by atoms with van der Waals surface area (Å²) < 4.78 is 0. The molecule has 1 atom stereocenters. The highest BCUT2D eigenvalue weighted by atomic mass is 16.2. The Morgan fingerprint density at radius 1 is 1.19 bits per heavy atom. The topological polar surface area (TPSA) is 87.9 Å². The van der Waals surface area contributed by atoms with Gasteiger partial charge in [0.15, 0.2) is 0 Å². The van der Waals surface area contributed by atoms with Crippen molar-refractivity contribution in [2.45, 2.75) is 25.4 Å². The van der Waals surface area contributed by atoms with Crippen LogP contribution in [0.5, 0.6) is 0 Å². The number of carbonyl (C=O) groups excluding carboxylic acids is 1. The number of H-pyrrole nitrogens is 1. The minimum Gasteiger partial charge on any atom is -0.332 e. The largest absolute Gasteiger partial charge is 0.332 e. The predicted molar refractivity (Wildman–Crippen MR) is 98.9 cm³/mol. The van der Waals surface area contributed by atoms with Crippen LogP contribution in [0.4, 0.5) is 0 Å². The molecule has 3 heterocycles. The molecule has 0 fully saturated rings. The van der Waals surface area contributed by atoms with Gasteiger partial charge >= 0.3 is 0 Å². The maximum absolute atomic E-state index is 13.2. The molecule has 1 aromatic carbocycles. The predicted octanol–water partition coefficient (Wildman–Crippen LogP) is 2.45. The summed E-state index contributed by atoms with van der Waals surface area (Å²) in [6, 6.07) is 13.7. The van der Waals surface area contributed by atoms with Crippen LogP contribution in [-0.4, -0.2) is 32.5 Å². The fourth-order valence-electron chi connectivity index (χ4n) is 3.54. The van der Waals surface area contributed by atoms with Crippen LogP contribution in [0.15, 0.2) is 54.9 Å². The summed E-state index contributed by atoms with van der Waals surface area (Å²) in [5.41, 5.74) is 10.7. The van der Waals surface area contributed by atoms with Crippen molar-refractivity contribution in [1.82, 2.24) is 20.1 Å². The van der Waals surface area contributed by atoms with Crippen LogP contribution >= 0.6 is 0 Å². The van der Waals surface area contributed by atoms with Gasteiger partial charge in [0, 0.05) is 23.5 Å². The van der Waals surface area contributed by atoms with Gasteiger partial charge in [-0.2, -0.15) is 5.10 Å². The second kappa shape index (κ2) is 7.09. The van der Waals surface area contributed by atoms with Crippen molar-refractivity contribution in [2.75, 3.05) is 6.54 Å². The Morgan fingerprint density at radius 2 is 2.04 bits per heavy atom. The second-order valence-corrected chi connectivity index (χ2v) is 6.51. The van der Waals surface area contributed by atoms with Crippen LogP contribution in [0.1, 0.15) is 29.2 Å². The lowest BCUT2D eigenvalue weighted by atomic mass is 9.94. The van der Waals surface area contributed by atoms with Gasteiger partial charge in [-0.15, -0.1) is 0 Å². The molecule has 6 nitrogen and oxygen atoms in total. The molecule has 1 aliphatic rings. The Hall–Kier alpha value is -2.99. The number of rotatable bonds is 5. The standard InChI is InChI=1S/C20H21N5O/c21-9-8-16(14-5-2-1-3-6-14)20(26)25-12-17-18(13-25)23-24-19(17)15-7-4-10-22-11-15/h1-7,10-11,16H,8-9,12-13,21H2,(H,23,24). The quantitative estimate of drug-likeness (QED) is 0.742. The van der Waals surface area contributed by atoms with Crippen LogP contribution < -0.4 is 5.73 Å². The van der Waals surface area contributed by atoms with E-state index in [0.29, 0.717) is 26.1 Å². The van der Waals surface area contributed by atoms with Crippen molar-refractivity contribution in [3.8, 4) is 11.3 Å². The zero-order chi connectivity index (χ0) is 17.9. The molecule has 0 aliphatic carbocycles. The summed E-state index contributed by atoms with van der Waals surface area (Å²) in [6.07, 6.45) is 4.17. The van der Waals surface area contributed by atoms with Crippen molar-refractivity contribution >= 4 is 5.91 Å². The summed E-state index contributed by atoms with van der Waals surface area (Å²) in [6.45, 7) is 1.59. The molecule has 0 saturated heterocycles. The van der Waals surface area contributed by atoms with Crippen LogP contribution in [0.2, 0.25) is 0 Å². The molecule has 0 spiro atoms. The van der Waals surface area contributed by atoms with Crippen molar-refractivity contribution in [3.05, 3.63) is 71.7 Å². The molecule has 6 heteroatoms. The average molecular weight is 347 g/mol. The summed E-state index contributed by atoms with van der Waals surface area (Å²) in [5.74, 6) is -0.0941. The molecular weight excluding hydrogens is 326 g/mol. The monoisotopic (exact) mass is 347 g/mol. The lowest BCUT2D eigenvalue weighted by molar-refractivity contribution is -0.133. The maximum atomic E-state index is 13.2. The Balaban J connectivity index is 1.57. The van der Waals surface area contributed by atoms with Gasteiger partial charge in [0.05, 0.1) is 30.4 Å². The summed E-state index contributed by atoms with van der Waals surface area (Å²) in [4.78, 5) is 19.2. The number of fused-ring (bicyclic) bond motifs is 1. The third kappa shape index (κ3) is 2.99. The normalized spacial score (nSPS) is 14.3. The molecule has 132 valence electrons. The number of benzene rings is 1. The zero-order valence-corrected chi connectivity index (χ0v) is 14.4. The highest BCUT2D eigenvalue weighted by Crippen LogP contribution is 2.33. The molecule has 3 N–H and O–H groups in total. The number of carbonyl (C=O) groups is 1. The van der Waals surface area contributed by atoms with E-state index in [-0.39, 0.29) is 11.8 Å². The summed E-state index contributed by atoms with van der Waals surface area (Å²) >= 11 is 0. The number of amides is 1. The minimum atomic E-state index is -0.208. The first-order valence-corrected chi connectivity index (χ1v) is 8.78. The number of pyridine rings is 1. The lowest BCUT2D eigenvalue weighted by Gasteiger charge is -2.23. The van der Waals surface area contributed by atoms with Gasteiger partial charge in [-0.25, -0.2) is 0 Å². The van der Waals surface area contributed by atoms with Gasteiger partial charge in [0.1, 0.15) is 0 Å². The molecule has 1 amide bonds. The van der Waals surface area contributed by atoms with E-state index in [2.05, 4.69) is 15.2 Å². The highest BCUT2D eigenvalue weighted by molar-refractivity contribution is 5.84. The molecule has 2 aromatic heterocycles. The van der Waals surface area contributed by atoms with Gasteiger partial charge in [-0.3, -0.25) is 14.9 Å².